The van der Waals surface area contributed by atoms with Gasteiger partial charge in [0.25, 0.3) is 0 Å². The number of fused-ring (bicyclic) bond motifs is 1. The fourth-order valence-electron chi connectivity index (χ4n) is 4.20. The number of hydrogen-bond donors (Lipinski definition) is 2. The third-order valence-electron chi connectivity index (χ3n) is 6.00. The summed E-state index contributed by atoms with van der Waals surface area (Å²) in [6.45, 7) is 0.573. The van der Waals surface area contributed by atoms with Crippen LogP contribution in [-0.2, 0) is 19.3 Å². The summed E-state index contributed by atoms with van der Waals surface area (Å²) in [7, 11) is 1.30. The molecule has 0 aliphatic carbocycles. The molecule has 0 radical (unpaired) electrons. The molecule has 3 N–H and O–H groups in total. The SMILES string of the molecule is COc1ccc(-c2ccc(CN3Cc4nc(-c5cccc(F)c5F)[nH]c4C=N3)cc2N)c(C(F)(F)F)c1. The van der Waals surface area contributed by atoms with Crippen LogP contribution >= 0.6 is 0 Å². The maximum Gasteiger partial charge on any atom is 0.417 e. The van der Waals surface area contributed by atoms with E-state index in [0.29, 0.717) is 17.9 Å². The smallest absolute Gasteiger partial charge is 0.417 e. The van der Waals surface area contributed by atoms with E-state index in [2.05, 4.69) is 15.1 Å². The summed E-state index contributed by atoms with van der Waals surface area (Å²) in [5.41, 5.74) is 7.60. The van der Waals surface area contributed by atoms with E-state index in [1.165, 1.54) is 37.6 Å². The van der Waals surface area contributed by atoms with Gasteiger partial charge in [-0.15, -0.1) is 0 Å². The molecule has 0 saturated heterocycles. The van der Waals surface area contributed by atoms with Crippen molar-refractivity contribution in [1.29, 1.82) is 0 Å². The Morgan fingerprint density at radius 1 is 1.03 bits per heavy atom. The zero-order valence-electron chi connectivity index (χ0n) is 19.4. The summed E-state index contributed by atoms with van der Waals surface area (Å²) < 4.78 is 73.8. The standard InChI is InChI=1S/C26H20F5N5O/c1-37-15-6-8-16(19(10-15)26(29,30)31)17-7-5-14(9-21(17)32)12-36-13-23-22(11-33-36)34-25(35-23)18-3-2-4-20(27)24(18)28/h2-11H,12-13,32H2,1H3,(H,34,35). The first kappa shape index (κ1) is 24.3. The lowest BCUT2D eigenvalue weighted by molar-refractivity contribution is -0.137. The van der Waals surface area contributed by atoms with Gasteiger partial charge in [-0.05, 0) is 41.5 Å². The first-order valence-corrected chi connectivity index (χ1v) is 11.1. The van der Waals surface area contributed by atoms with Gasteiger partial charge in [-0.2, -0.15) is 18.3 Å². The number of hydrogen-bond acceptors (Lipinski definition) is 5. The summed E-state index contributed by atoms with van der Waals surface area (Å²) >= 11 is 0. The minimum Gasteiger partial charge on any atom is -0.497 e. The minimum absolute atomic E-state index is 0.00877. The number of rotatable bonds is 5. The first-order chi connectivity index (χ1) is 17.6. The lowest BCUT2D eigenvalue weighted by Gasteiger charge is -2.22. The number of ether oxygens (including phenoxy) is 1. The van der Waals surface area contributed by atoms with Crippen molar-refractivity contribution in [2.24, 2.45) is 5.10 Å². The van der Waals surface area contributed by atoms with E-state index in [1.807, 2.05) is 0 Å². The van der Waals surface area contributed by atoms with Crippen molar-refractivity contribution in [2.45, 2.75) is 19.3 Å². The number of aromatic nitrogens is 2. The number of H-pyrrole nitrogens is 1. The summed E-state index contributed by atoms with van der Waals surface area (Å²) in [5.74, 6) is -1.69. The number of nitrogens with zero attached hydrogens (tertiary/aromatic N) is 3. The highest BCUT2D eigenvalue weighted by atomic mass is 19.4. The van der Waals surface area contributed by atoms with Crippen LogP contribution in [0.3, 0.4) is 0 Å². The molecule has 1 aromatic heterocycles. The molecule has 0 amide bonds. The molecule has 0 unspecified atom stereocenters. The molecule has 0 bridgehead atoms. The molecule has 0 fully saturated rings. The van der Waals surface area contributed by atoms with Crippen molar-refractivity contribution < 1.29 is 26.7 Å². The van der Waals surface area contributed by atoms with Crippen LogP contribution < -0.4 is 10.5 Å². The van der Waals surface area contributed by atoms with Gasteiger partial charge in [0, 0.05) is 11.3 Å². The molecule has 190 valence electrons. The van der Waals surface area contributed by atoms with E-state index in [-0.39, 0.29) is 40.5 Å². The Bertz CT molecular complexity index is 1510. The monoisotopic (exact) mass is 513 g/mol. The minimum atomic E-state index is -4.59. The average molecular weight is 513 g/mol. The van der Waals surface area contributed by atoms with Gasteiger partial charge >= 0.3 is 6.18 Å². The molecule has 3 aromatic carbocycles. The van der Waals surface area contributed by atoms with Crippen LogP contribution in [0.2, 0.25) is 0 Å². The van der Waals surface area contributed by atoms with Crippen molar-refractivity contribution in [3.8, 4) is 28.3 Å². The molecule has 1 aliphatic heterocycles. The summed E-state index contributed by atoms with van der Waals surface area (Å²) in [5, 5.41) is 6.03. The second-order valence-electron chi connectivity index (χ2n) is 8.45. The third-order valence-corrected chi connectivity index (χ3v) is 6.00. The van der Waals surface area contributed by atoms with Crippen LogP contribution in [0.1, 0.15) is 22.5 Å². The fourth-order valence-corrected chi connectivity index (χ4v) is 4.20. The topological polar surface area (TPSA) is 79.5 Å². The van der Waals surface area contributed by atoms with Crippen LogP contribution in [0.15, 0.2) is 59.7 Å². The molecule has 11 heteroatoms. The number of hydrazone groups is 1. The zero-order chi connectivity index (χ0) is 26.3. The predicted molar refractivity (Wildman–Crippen MR) is 129 cm³/mol. The van der Waals surface area contributed by atoms with E-state index >= 15 is 0 Å². The molecule has 4 aromatic rings. The number of nitrogen functional groups attached to an aromatic ring is 1. The Morgan fingerprint density at radius 2 is 1.81 bits per heavy atom. The normalized spacial score (nSPS) is 13.1. The van der Waals surface area contributed by atoms with Gasteiger partial charge in [0.1, 0.15) is 11.6 Å². The highest BCUT2D eigenvalue weighted by Gasteiger charge is 2.34. The van der Waals surface area contributed by atoms with Crippen LogP contribution in [0, 0.1) is 11.6 Å². The van der Waals surface area contributed by atoms with Gasteiger partial charge in [0.05, 0.1) is 48.9 Å². The Balaban J connectivity index is 1.36. The quantitative estimate of drug-likeness (QED) is 0.254. The number of methoxy groups -OCH3 is 1. The van der Waals surface area contributed by atoms with Gasteiger partial charge in [0.2, 0.25) is 0 Å². The molecule has 37 heavy (non-hydrogen) atoms. The Hall–Kier alpha value is -4.41. The number of aromatic amines is 1. The molecule has 0 saturated carbocycles. The van der Waals surface area contributed by atoms with Crippen molar-refractivity contribution in [3.63, 3.8) is 0 Å². The molecule has 1 aliphatic rings. The van der Waals surface area contributed by atoms with Crippen molar-refractivity contribution >= 4 is 11.9 Å². The van der Waals surface area contributed by atoms with Crippen molar-refractivity contribution in [2.75, 3.05) is 12.8 Å². The Morgan fingerprint density at radius 3 is 2.54 bits per heavy atom. The fraction of sp³-hybridized carbons (Fsp3) is 0.154. The zero-order valence-corrected chi connectivity index (χ0v) is 19.4. The Kier molecular flexibility index (Phi) is 6.06. The maximum absolute atomic E-state index is 14.2. The largest absolute Gasteiger partial charge is 0.497 e. The number of anilines is 1. The summed E-state index contributed by atoms with van der Waals surface area (Å²) in [4.78, 5) is 7.34. The highest BCUT2D eigenvalue weighted by molar-refractivity contribution is 5.81. The maximum atomic E-state index is 14.2. The van der Waals surface area contributed by atoms with Gasteiger partial charge in [-0.1, -0.05) is 24.3 Å². The number of nitrogens with two attached hydrogens (primary N) is 1. The lowest BCUT2D eigenvalue weighted by atomic mass is 9.96. The number of alkyl halides is 3. The number of nitrogens with one attached hydrogen (secondary N) is 1. The van der Waals surface area contributed by atoms with E-state index in [4.69, 9.17) is 10.5 Å². The predicted octanol–water partition coefficient (Wildman–Crippen LogP) is 5.98. The average Bonchev–Trinajstić information content (AvgIpc) is 3.28. The van der Waals surface area contributed by atoms with Crippen LogP contribution in [-0.4, -0.2) is 28.3 Å². The third kappa shape index (κ3) is 4.72. The van der Waals surface area contributed by atoms with Crippen molar-refractivity contribution in [3.05, 3.63) is 88.7 Å². The molecule has 5 rings (SSSR count). The highest BCUT2D eigenvalue weighted by Crippen LogP contribution is 2.41. The van der Waals surface area contributed by atoms with E-state index in [9.17, 15) is 22.0 Å². The molecule has 2 heterocycles. The van der Waals surface area contributed by atoms with Gasteiger partial charge in [-0.25, -0.2) is 13.8 Å². The van der Waals surface area contributed by atoms with Crippen LogP contribution in [0.4, 0.5) is 27.6 Å². The second kappa shape index (κ2) is 9.23. The van der Waals surface area contributed by atoms with Crippen molar-refractivity contribution in [1.82, 2.24) is 15.0 Å². The van der Waals surface area contributed by atoms with E-state index < -0.39 is 23.4 Å². The Labute approximate surface area is 208 Å². The van der Waals surface area contributed by atoms with Gasteiger partial charge in [-0.3, -0.25) is 5.01 Å². The molecular weight excluding hydrogens is 493 g/mol. The number of imidazole rings is 1. The summed E-state index contributed by atoms with van der Waals surface area (Å²) in [6, 6.07) is 12.4. The van der Waals surface area contributed by atoms with Crippen LogP contribution in [0.5, 0.6) is 5.75 Å². The van der Waals surface area contributed by atoms with E-state index in [1.54, 1.807) is 23.2 Å². The summed E-state index contributed by atoms with van der Waals surface area (Å²) in [6.07, 6.45) is -3.07. The molecular formula is C26H20F5N5O. The second-order valence-corrected chi connectivity index (χ2v) is 8.45. The van der Waals surface area contributed by atoms with Gasteiger partial charge < -0.3 is 15.5 Å². The van der Waals surface area contributed by atoms with Gasteiger partial charge in [0.15, 0.2) is 11.6 Å². The van der Waals surface area contributed by atoms with Crippen LogP contribution in [0.25, 0.3) is 22.5 Å². The molecule has 0 spiro atoms. The molecule has 6 nitrogen and oxygen atoms in total. The first-order valence-electron chi connectivity index (χ1n) is 11.1. The number of benzene rings is 3. The lowest BCUT2D eigenvalue weighted by Crippen LogP contribution is -2.21. The molecule has 0 atom stereocenters. The van der Waals surface area contributed by atoms with E-state index in [0.717, 1.165) is 17.7 Å². The number of halogens is 5.